The van der Waals surface area contributed by atoms with Gasteiger partial charge in [-0.05, 0) is 70.7 Å². The number of hydrogen-bond donors (Lipinski definition) is 1. The minimum absolute atomic E-state index is 0.0517. The van der Waals surface area contributed by atoms with Crippen molar-refractivity contribution in [2.45, 2.75) is 44.6 Å². The second-order valence-corrected chi connectivity index (χ2v) is 8.71. The second kappa shape index (κ2) is 9.26. The molecular weight excluding hydrogens is 367 g/mol. The normalized spacial score (nSPS) is 17.2. The van der Waals surface area contributed by atoms with Crippen LogP contribution >= 0.6 is 0 Å². The number of rotatable bonds is 8. The van der Waals surface area contributed by atoms with E-state index in [0.29, 0.717) is 17.8 Å². The summed E-state index contributed by atoms with van der Waals surface area (Å²) in [7, 11) is 6.26. The molecule has 1 aliphatic rings. The Morgan fingerprint density at radius 2 is 1.93 bits per heavy atom. The van der Waals surface area contributed by atoms with Crippen LogP contribution in [0.25, 0.3) is 10.9 Å². The molecular formula is C23H35FN4O. The number of aromatic nitrogens is 1. The van der Waals surface area contributed by atoms with Gasteiger partial charge in [0.25, 0.3) is 5.91 Å². The maximum atomic E-state index is 13.4. The van der Waals surface area contributed by atoms with E-state index >= 15 is 0 Å². The van der Waals surface area contributed by atoms with Crippen LogP contribution in [0.15, 0.2) is 24.3 Å². The van der Waals surface area contributed by atoms with Crippen LogP contribution in [0.5, 0.6) is 0 Å². The van der Waals surface area contributed by atoms with Gasteiger partial charge in [-0.1, -0.05) is 19.8 Å². The zero-order chi connectivity index (χ0) is 21.0. The minimum Gasteiger partial charge on any atom is -0.351 e. The van der Waals surface area contributed by atoms with Crippen LogP contribution in [-0.4, -0.2) is 78.5 Å². The summed E-state index contributed by atoms with van der Waals surface area (Å²) in [5, 5.41) is 0.727. The fraction of sp³-hybridized carbons (Fsp3) is 0.609. The number of unbranched alkanes of at least 4 members (excludes halogenated alkanes) is 1. The molecule has 1 saturated heterocycles. The number of likely N-dealkylation sites (N-methyl/N-ethyl adjacent to an activating group) is 1. The average molecular weight is 403 g/mol. The number of carbonyl (C=O) groups excluding carboxylic acids is 1. The molecule has 6 heteroatoms. The van der Waals surface area contributed by atoms with Gasteiger partial charge in [-0.3, -0.25) is 4.79 Å². The highest BCUT2D eigenvalue weighted by atomic mass is 19.1. The van der Waals surface area contributed by atoms with Crippen LogP contribution in [0.4, 0.5) is 4.39 Å². The number of nitrogens with one attached hydrogen (secondary N) is 1. The molecule has 1 aliphatic heterocycles. The van der Waals surface area contributed by atoms with Crippen molar-refractivity contribution >= 4 is 16.8 Å². The van der Waals surface area contributed by atoms with Gasteiger partial charge in [0.1, 0.15) is 11.5 Å². The number of aromatic amines is 1. The molecule has 0 atom stereocenters. The highest BCUT2D eigenvalue weighted by molar-refractivity contribution is 5.97. The second-order valence-electron chi connectivity index (χ2n) is 8.71. The van der Waals surface area contributed by atoms with Gasteiger partial charge in [-0.25, -0.2) is 4.39 Å². The number of amides is 1. The monoisotopic (exact) mass is 402 g/mol. The molecule has 29 heavy (non-hydrogen) atoms. The number of fused-ring (bicyclic) bond motifs is 1. The standard InChI is InChI=1S/C23H35FN4O/c1-5-6-9-23(26(2)3)10-12-28(13-11-23)15-14-27(4)22(29)21-17-18-16-19(24)7-8-20(18)25-21/h7-8,16-17,25H,5-6,9-15H2,1-4H3. The Bertz CT molecular complexity index is 823. The lowest BCUT2D eigenvalue weighted by Crippen LogP contribution is -2.53. The van der Waals surface area contributed by atoms with Crippen LogP contribution in [0, 0.1) is 5.82 Å². The molecule has 1 amide bonds. The molecule has 1 aromatic heterocycles. The van der Waals surface area contributed by atoms with E-state index in [1.165, 1.54) is 44.2 Å². The number of piperidine rings is 1. The van der Waals surface area contributed by atoms with E-state index in [-0.39, 0.29) is 11.7 Å². The molecule has 5 nitrogen and oxygen atoms in total. The van der Waals surface area contributed by atoms with Crippen LogP contribution in [0.1, 0.15) is 49.5 Å². The summed E-state index contributed by atoms with van der Waals surface area (Å²) in [6.45, 7) is 5.99. The molecule has 1 fully saturated rings. The average Bonchev–Trinajstić information content (AvgIpc) is 3.13. The molecule has 0 saturated carbocycles. The van der Waals surface area contributed by atoms with Gasteiger partial charge in [0, 0.05) is 36.6 Å². The smallest absolute Gasteiger partial charge is 0.270 e. The Morgan fingerprint density at radius 1 is 1.21 bits per heavy atom. The Balaban J connectivity index is 1.52. The summed E-state index contributed by atoms with van der Waals surface area (Å²) in [5.74, 6) is -0.342. The maximum absolute atomic E-state index is 13.4. The fourth-order valence-electron chi connectivity index (χ4n) is 4.44. The Kier molecular flexibility index (Phi) is 6.96. The van der Waals surface area contributed by atoms with E-state index in [4.69, 9.17) is 0 Å². The van der Waals surface area contributed by atoms with Gasteiger partial charge in [-0.15, -0.1) is 0 Å². The molecule has 0 unspecified atom stereocenters. The first-order valence-corrected chi connectivity index (χ1v) is 10.8. The van der Waals surface area contributed by atoms with Crippen molar-refractivity contribution < 1.29 is 9.18 Å². The predicted molar refractivity (Wildman–Crippen MR) is 117 cm³/mol. The Morgan fingerprint density at radius 3 is 2.59 bits per heavy atom. The zero-order valence-corrected chi connectivity index (χ0v) is 18.3. The van der Waals surface area contributed by atoms with Crippen molar-refractivity contribution in [3.8, 4) is 0 Å². The summed E-state index contributed by atoms with van der Waals surface area (Å²) in [6, 6.07) is 6.26. The number of nitrogens with zero attached hydrogens (tertiary/aromatic N) is 3. The van der Waals surface area contributed by atoms with Gasteiger partial charge in [0.05, 0.1) is 0 Å². The van der Waals surface area contributed by atoms with E-state index in [1.54, 1.807) is 17.0 Å². The molecule has 0 spiro atoms. The molecule has 0 bridgehead atoms. The number of likely N-dealkylation sites (tertiary alicyclic amines) is 1. The van der Waals surface area contributed by atoms with Crippen molar-refractivity contribution in [3.63, 3.8) is 0 Å². The highest BCUT2D eigenvalue weighted by Crippen LogP contribution is 2.32. The number of halogens is 1. The summed E-state index contributed by atoms with van der Waals surface area (Å²) in [5.41, 5.74) is 1.62. The summed E-state index contributed by atoms with van der Waals surface area (Å²) in [6.07, 6.45) is 6.16. The van der Waals surface area contributed by atoms with E-state index in [9.17, 15) is 9.18 Å². The first kappa shape index (κ1) is 21.8. The maximum Gasteiger partial charge on any atom is 0.270 e. The zero-order valence-electron chi connectivity index (χ0n) is 18.3. The third kappa shape index (κ3) is 4.98. The summed E-state index contributed by atoms with van der Waals surface area (Å²) >= 11 is 0. The lowest BCUT2D eigenvalue weighted by Gasteiger charge is -2.46. The topological polar surface area (TPSA) is 42.6 Å². The van der Waals surface area contributed by atoms with E-state index in [1.807, 2.05) is 7.05 Å². The summed E-state index contributed by atoms with van der Waals surface area (Å²) in [4.78, 5) is 22.5. The molecule has 1 aromatic carbocycles. The van der Waals surface area contributed by atoms with Gasteiger partial charge in [0.15, 0.2) is 0 Å². The van der Waals surface area contributed by atoms with Crippen molar-refractivity contribution in [3.05, 3.63) is 35.8 Å². The molecule has 160 valence electrons. The van der Waals surface area contributed by atoms with Crippen LogP contribution in [0.3, 0.4) is 0 Å². The lowest BCUT2D eigenvalue weighted by molar-refractivity contribution is 0.0432. The first-order chi connectivity index (χ1) is 13.8. The largest absolute Gasteiger partial charge is 0.351 e. The number of benzene rings is 1. The van der Waals surface area contributed by atoms with Gasteiger partial charge in [-0.2, -0.15) is 0 Å². The summed E-state index contributed by atoms with van der Waals surface area (Å²) < 4.78 is 13.4. The van der Waals surface area contributed by atoms with E-state index in [2.05, 4.69) is 35.8 Å². The number of hydrogen-bond acceptors (Lipinski definition) is 3. The predicted octanol–water partition coefficient (Wildman–Crippen LogP) is 3.97. The third-order valence-corrected chi connectivity index (χ3v) is 6.64. The quantitative estimate of drug-likeness (QED) is 0.727. The Labute approximate surface area is 173 Å². The van der Waals surface area contributed by atoms with Gasteiger partial charge >= 0.3 is 0 Å². The molecule has 3 rings (SSSR count). The van der Waals surface area contributed by atoms with Crippen LogP contribution in [-0.2, 0) is 0 Å². The molecule has 1 N–H and O–H groups in total. The Hall–Kier alpha value is -1.92. The van der Waals surface area contributed by atoms with Crippen molar-refractivity contribution in [1.29, 1.82) is 0 Å². The first-order valence-electron chi connectivity index (χ1n) is 10.8. The fourth-order valence-corrected chi connectivity index (χ4v) is 4.44. The molecule has 2 aromatic rings. The van der Waals surface area contributed by atoms with E-state index in [0.717, 1.165) is 30.5 Å². The number of carbonyl (C=O) groups is 1. The van der Waals surface area contributed by atoms with Crippen molar-refractivity contribution in [2.75, 3.05) is 47.3 Å². The van der Waals surface area contributed by atoms with Crippen LogP contribution in [0.2, 0.25) is 0 Å². The molecule has 0 aliphatic carbocycles. The number of H-pyrrole nitrogens is 1. The highest BCUT2D eigenvalue weighted by Gasteiger charge is 2.35. The van der Waals surface area contributed by atoms with Crippen LogP contribution < -0.4 is 0 Å². The van der Waals surface area contributed by atoms with E-state index < -0.39 is 0 Å². The minimum atomic E-state index is -0.290. The van der Waals surface area contributed by atoms with Gasteiger partial charge < -0.3 is 19.7 Å². The lowest BCUT2D eigenvalue weighted by atomic mass is 9.82. The van der Waals surface area contributed by atoms with Gasteiger partial charge in [0.2, 0.25) is 0 Å². The molecule has 2 heterocycles. The molecule has 0 radical (unpaired) electrons. The third-order valence-electron chi connectivity index (χ3n) is 6.64. The van der Waals surface area contributed by atoms with Crippen molar-refractivity contribution in [2.24, 2.45) is 0 Å². The SMILES string of the molecule is CCCCC1(N(C)C)CCN(CCN(C)C(=O)c2cc3cc(F)ccc3[nH]2)CC1. The van der Waals surface area contributed by atoms with Crippen molar-refractivity contribution in [1.82, 2.24) is 19.7 Å².